The van der Waals surface area contributed by atoms with Gasteiger partial charge in [0.25, 0.3) is 0 Å². The zero-order chi connectivity index (χ0) is 22.8. The Balaban J connectivity index is 0.00000141. The molecule has 0 aromatic heterocycles. The van der Waals surface area contributed by atoms with Gasteiger partial charge in [-0.25, -0.2) is 0 Å². The van der Waals surface area contributed by atoms with Crippen molar-refractivity contribution < 1.29 is 9.59 Å². The molecule has 1 heterocycles. The molecule has 164 valence electrons. The Kier molecular flexibility index (Phi) is 10.3. The van der Waals surface area contributed by atoms with Crippen LogP contribution in [0.4, 0.5) is 0 Å². The van der Waals surface area contributed by atoms with Crippen molar-refractivity contribution in [3.63, 3.8) is 0 Å². The van der Waals surface area contributed by atoms with Crippen molar-refractivity contribution in [2.75, 3.05) is 14.1 Å². The third-order valence-corrected chi connectivity index (χ3v) is 4.60. The zero-order valence-corrected chi connectivity index (χ0v) is 19.5. The van der Waals surface area contributed by atoms with Gasteiger partial charge in [-0.15, -0.1) is 0 Å². The smallest absolute Gasteiger partial charge is 0.237 e. The molecule has 1 aliphatic heterocycles. The maximum absolute atomic E-state index is 12.7. The van der Waals surface area contributed by atoms with Crippen LogP contribution in [0.15, 0.2) is 34.5 Å². The number of nitrogens with zero attached hydrogens (tertiary/aromatic N) is 4. The molecule has 0 bridgehead atoms. The molecular weight excluding hydrogens is 422 g/mol. The molecule has 0 aromatic rings. The summed E-state index contributed by atoms with van der Waals surface area (Å²) in [7, 11) is 3.53. The summed E-state index contributed by atoms with van der Waals surface area (Å²) >= 11 is 9.85. The van der Waals surface area contributed by atoms with E-state index in [0.29, 0.717) is 5.11 Å². The second-order valence-electron chi connectivity index (χ2n) is 6.83. The highest BCUT2D eigenvalue weighted by atomic mass is 32.1. The first-order valence-corrected chi connectivity index (χ1v) is 10.3. The van der Waals surface area contributed by atoms with E-state index >= 15 is 0 Å². The van der Waals surface area contributed by atoms with Crippen LogP contribution in [0, 0.1) is 11.8 Å². The third kappa shape index (κ3) is 6.70. The minimum atomic E-state index is -0.683. The van der Waals surface area contributed by atoms with Crippen molar-refractivity contribution in [2.45, 2.75) is 33.2 Å². The van der Waals surface area contributed by atoms with Gasteiger partial charge in [0.1, 0.15) is 5.71 Å². The Labute approximate surface area is 188 Å². The van der Waals surface area contributed by atoms with E-state index in [1.165, 1.54) is 17.5 Å². The van der Waals surface area contributed by atoms with E-state index in [-0.39, 0.29) is 22.6 Å². The van der Waals surface area contributed by atoms with E-state index in [2.05, 4.69) is 34.9 Å². The molecule has 2 rings (SSSR count). The Bertz CT molecular complexity index is 760. The number of allylic oxidation sites excluding steroid dienone is 2. The van der Waals surface area contributed by atoms with Crippen LogP contribution in [0.2, 0.25) is 0 Å². The number of imide groups is 1. The van der Waals surface area contributed by atoms with Crippen molar-refractivity contribution in [3.05, 3.63) is 24.3 Å². The molecule has 1 saturated heterocycles. The Hall–Kier alpha value is -2.66. The second kappa shape index (κ2) is 12.1. The van der Waals surface area contributed by atoms with Gasteiger partial charge in [-0.3, -0.25) is 25.3 Å². The summed E-state index contributed by atoms with van der Waals surface area (Å²) in [6.07, 6.45) is 9.59. The molecular formula is C19H29N7O2S2. The van der Waals surface area contributed by atoms with Gasteiger partial charge in [-0.05, 0) is 31.4 Å². The molecule has 1 fully saturated rings. The fourth-order valence-corrected chi connectivity index (χ4v) is 2.72. The van der Waals surface area contributed by atoms with Gasteiger partial charge in [0.05, 0.1) is 24.1 Å². The lowest BCUT2D eigenvalue weighted by atomic mass is 9.91. The monoisotopic (exact) mass is 451 g/mol. The molecule has 1 aliphatic carbocycles. The van der Waals surface area contributed by atoms with E-state index in [1.54, 1.807) is 50.2 Å². The van der Waals surface area contributed by atoms with Crippen LogP contribution >= 0.6 is 24.4 Å². The lowest BCUT2D eigenvalue weighted by Gasteiger charge is -2.23. The summed E-state index contributed by atoms with van der Waals surface area (Å²) in [6, 6.07) is -0.683. The highest BCUT2D eigenvalue weighted by Crippen LogP contribution is 2.32. The summed E-state index contributed by atoms with van der Waals surface area (Å²) in [6.45, 7) is 5.93. The number of hydrogen-bond acceptors (Lipinski definition) is 6. The average Bonchev–Trinajstić information content (AvgIpc) is 2.95. The van der Waals surface area contributed by atoms with Gasteiger partial charge >= 0.3 is 0 Å². The standard InChI is InChI=1S/C16H21N7O2S2.C3H8/c1-9(23-13(24)10-6-4-5-7-11(10)14(23)25)12(19-20-15(17)26)8-18-21-16(27)22(2)3;1-3-2/h4-11H,1-3H3,(H,21,27)(H3,17,20,26);3H2,1-2H3/b18-8-,19-12+;. The van der Waals surface area contributed by atoms with Crippen LogP contribution < -0.4 is 16.6 Å². The minimum Gasteiger partial charge on any atom is -0.375 e. The first-order valence-electron chi connectivity index (χ1n) is 9.50. The normalized spacial score (nSPS) is 21.1. The minimum absolute atomic E-state index is 0.0523. The van der Waals surface area contributed by atoms with Crippen LogP contribution in [-0.2, 0) is 9.59 Å². The fraction of sp³-hybridized carbons (Fsp3) is 0.474. The summed E-state index contributed by atoms with van der Waals surface area (Å²) in [4.78, 5) is 28.3. The van der Waals surface area contributed by atoms with E-state index in [4.69, 9.17) is 30.2 Å². The highest BCUT2D eigenvalue weighted by molar-refractivity contribution is 7.80. The molecule has 2 amide bonds. The number of nitrogens with one attached hydrogen (secondary N) is 2. The van der Waals surface area contributed by atoms with Crippen LogP contribution in [0.5, 0.6) is 0 Å². The van der Waals surface area contributed by atoms with Crippen LogP contribution in [0.25, 0.3) is 0 Å². The first kappa shape index (κ1) is 25.4. The highest BCUT2D eigenvalue weighted by Gasteiger charge is 2.48. The van der Waals surface area contributed by atoms with E-state index in [9.17, 15) is 9.59 Å². The molecule has 9 nitrogen and oxygen atoms in total. The summed E-state index contributed by atoms with van der Waals surface area (Å²) in [5, 5.41) is 8.41. The Morgan fingerprint density at radius 2 is 1.70 bits per heavy atom. The molecule has 30 heavy (non-hydrogen) atoms. The molecule has 0 radical (unpaired) electrons. The fourth-order valence-electron chi connectivity index (χ4n) is 2.63. The maximum Gasteiger partial charge on any atom is 0.237 e. The van der Waals surface area contributed by atoms with Crippen molar-refractivity contribution in [1.29, 1.82) is 0 Å². The summed E-state index contributed by atoms with van der Waals surface area (Å²) in [5.74, 6) is -1.56. The number of carbonyl (C=O) groups excluding carboxylic acids is 2. The number of nitrogens with two attached hydrogens (primary N) is 1. The predicted octanol–water partition coefficient (Wildman–Crippen LogP) is 1.13. The maximum atomic E-state index is 12.7. The largest absolute Gasteiger partial charge is 0.375 e. The SMILES string of the molecule is CC(C(/C=N\NC(=S)N(C)C)=N/NC(N)=S)N1C(=O)C2C=CC=CC2C1=O.CCC. The predicted molar refractivity (Wildman–Crippen MR) is 128 cm³/mol. The van der Waals surface area contributed by atoms with Crippen molar-refractivity contribution in [1.82, 2.24) is 20.7 Å². The topological polar surface area (TPSA) is 115 Å². The average molecular weight is 452 g/mol. The zero-order valence-electron chi connectivity index (χ0n) is 17.8. The van der Waals surface area contributed by atoms with Crippen LogP contribution in [0.3, 0.4) is 0 Å². The van der Waals surface area contributed by atoms with Gasteiger partial charge in [0.15, 0.2) is 10.2 Å². The molecule has 3 atom stereocenters. The number of carbonyl (C=O) groups is 2. The number of fused-ring (bicyclic) bond motifs is 1. The number of hydrogen-bond donors (Lipinski definition) is 3. The molecule has 4 N–H and O–H groups in total. The number of thiocarbonyl (C=S) groups is 2. The van der Waals surface area contributed by atoms with Gasteiger partial charge in [-0.2, -0.15) is 10.2 Å². The summed E-state index contributed by atoms with van der Waals surface area (Å²) < 4.78 is 0. The lowest BCUT2D eigenvalue weighted by Crippen LogP contribution is -2.45. The second-order valence-corrected chi connectivity index (χ2v) is 7.66. The molecule has 3 unspecified atom stereocenters. The number of rotatable bonds is 5. The molecule has 0 aromatic carbocycles. The molecule has 2 aliphatic rings. The van der Waals surface area contributed by atoms with E-state index in [1.807, 2.05) is 0 Å². The van der Waals surface area contributed by atoms with Gasteiger partial charge in [0, 0.05) is 14.1 Å². The summed E-state index contributed by atoms with van der Waals surface area (Å²) in [5.41, 5.74) is 10.8. The third-order valence-electron chi connectivity index (χ3n) is 4.05. The lowest BCUT2D eigenvalue weighted by molar-refractivity contribution is -0.140. The Morgan fingerprint density at radius 1 is 1.20 bits per heavy atom. The number of likely N-dealkylation sites (tertiary alicyclic amines) is 1. The van der Waals surface area contributed by atoms with Gasteiger partial charge < -0.3 is 10.6 Å². The first-order chi connectivity index (χ1) is 14.1. The van der Waals surface area contributed by atoms with Gasteiger partial charge in [0.2, 0.25) is 11.8 Å². The molecule has 0 saturated carbocycles. The van der Waals surface area contributed by atoms with E-state index in [0.717, 1.165) is 0 Å². The molecule has 0 spiro atoms. The Morgan fingerprint density at radius 3 is 2.13 bits per heavy atom. The number of hydrazone groups is 2. The van der Waals surface area contributed by atoms with Crippen LogP contribution in [-0.4, -0.2) is 63.9 Å². The quantitative estimate of drug-likeness (QED) is 0.247. The van der Waals surface area contributed by atoms with Gasteiger partial charge in [-0.1, -0.05) is 44.6 Å². The van der Waals surface area contributed by atoms with Crippen molar-refractivity contribution >= 4 is 58.4 Å². The van der Waals surface area contributed by atoms with Crippen LogP contribution in [0.1, 0.15) is 27.2 Å². The number of amides is 2. The van der Waals surface area contributed by atoms with Crippen molar-refractivity contribution in [2.24, 2.45) is 27.8 Å². The molecule has 11 heteroatoms. The van der Waals surface area contributed by atoms with Crippen molar-refractivity contribution in [3.8, 4) is 0 Å². The van der Waals surface area contributed by atoms with E-state index < -0.39 is 17.9 Å².